The molecule has 19 heavy (non-hydrogen) atoms. The minimum absolute atomic E-state index is 0.688. The van der Waals surface area contributed by atoms with Crippen molar-refractivity contribution in [2.24, 2.45) is 0 Å². The number of aromatic nitrogens is 1. The summed E-state index contributed by atoms with van der Waals surface area (Å²) in [5.41, 5.74) is 3.22. The summed E-state index contributed by atoms with van der Waals surface area (Å²) in [7, 11) is 4.02. The van der Waals surface area contributed by atoms with E-state index in [-0.39, 0.29) is 0 Å². The van der Waals surface area contributed by atoms with E-state index in [4.69, 9.17) is 11.6 Å². The van der Waals surface area contributed by atoms with Crippen LogP contribution in [0.5, 0.6) is 0 Å². The molecule has 0 unspecified atom stereocenters. The molecule has 0 bridgehead atoms. The molecule has 0 radical (unpaired) electrons. The van der Waals surface area contributed by atoms with Crippen LogP contribution in [-0.2, 0) is 6.54 Å². The number of hydrogen-bond donors (Lipinski definition) is 1. The van der Waals surface area contributed by atoms with Crippen molar-refractivity contribution in [1.82, 2.24) is 4.98 Å². The SMILES string of the molecule is CN(C)c1ccncc1NCc1cc(Cl)ccc1Br. The first-order valence-electron chi connectivity index (χ1n) is 5.87. The maximum atomic E-state index is 6.01. The van der Waals surface area contributed by atoms with E-state index in [0.29, 0.717) is 6.54 Å². The standard InChI is InChI=1S/C14H15BrClN3/c1-19(2)14-5-6-17-9-13(14)18-8-10-7-11(16)3-4-12(10)15/h3-7,9,18H,8H2,1-2H3. The zero-order valence-corrected chi connectivity index (χ0v) is 13.2. The van der Waals surface area contributed by atoms with Crippen LogP contribution >= 0.6 is 27.5 Å². The molecule has 1 heterocycles. The first-order valence-corrected chi connectivity index (χ1v) is 7.04. The molecule has 0 aliphatic rings. The molecule has 1 N–H and O–H groups in total. The fourth-order valence-electron chi connectivity index (χ4n) is 1.78. The van der Waals surface area contributed by atoms with Gasteiger partial charge in [-0.05, 0) is 29.8 Å². The number of nitrogens with zero attached hydrogens (tertiary/aromatic N) is 2. The minimum Gasteiger partial charge on any atom is -0.378 e. The second-order valence-electron chi connectivity index (χ2n) is 4.38. The van der Waals surface area contributed by atoms with Crippen molar-refractivity contribution in [1.29, 1.82) is 0 Å². The van der Waals surface area contributed by atoms with Crippen molar-refractivity contribution in [3.05, 3.63) is 51.7 Å². The van der Waals surface area contributed by atoms with Gasteiger partial charge in [-0.2, -0.15) is 0 Å². The predicted octanol–water partition coefficient (Wildman–Crippen LogP) is 4.18. The second-order valence-corrected chi connectivity index (χ2v) is 5.67. The normalized spacial score (nSPS) is 10.3. The minimum atomic E-state index is 0.688. The van der Waals surface area contributed by atoms with Crippen LogP contribution < -0.4 is 10.2 Å². The van der Waals surface area contributed by atoms with Gasteiger partial charge in [-0.3, -0.25) is 4.98 Å². The molecule has 1 aromatic heterocycles. The van der Waals surface area contributed by atoms with Crippen LogP contribution in [-0.4, -0.2) is 19.1 Å². The highest BCUT2D eigenvalue weighted by Crippen LogP contribution is 2.25. The van der Waals surface area contributed by atoms with Crippen LogP contribution in [0.25, 0.3) is 0 Å². The Morgan fingerprint density at radius 2 is 2.11 bits per heavy atom. The van der Waals surface area contributed by atoms with Crippen molar-refractivity contribution in [3.8, 4) is 0 Å². The molecular weight excluding hydrogens is 326 g/mol. The van der Waals surface area contributed by atoms with E-state index in [2.05, 4.69) is 31.1 Å². The molecular formula is C14H15BrClN3. The lowest BCUT2D eigenvalue weighted by Crippen LogP contribution is -2.12. The topological polar surface area (TPSA) is 28.2 Å². The summed E-state index contributed by atoms with van der Waals surface area (Å²) in [4.78, 5) is 6.21. The fourth-order valence-corrected chi connectivity index (χ4v) is 2.36. The lowest BCUT2D eigenvalue weighted by molar-refractivity contribution is 1.08. The molecule has 0 atom stereocenters. The van der Waals surface area contributed by atoms with Crippen molar-refractivity contribution < 1.29 is 0 Å². The summed E-state index contributed by atoms with van der Waals surface area (Å²) >= 11 is 9.54. The Hall–Kier alpha value is -1.26. The van der Waals surface area contributed by atoms with E-state index in [0.717, 1.165) is 26.4 Å². The van der Waals surface area contributed by atoms with E-state index in [9.17, 15) is 0 Å². The lowest BCUT2D eigenvalue weighted by atomic mass is 10.2. The van der Waals surface area contributed by atoms with E-state index < -0.39 is 0 Å². The van der Waals surface area contributed by atoms with Crippen molar-refractivity contribution in [2.75, 3.05) is 24.3 Å². The second kappa shape index (κ2) is 6.26. The van der Waals surface area contributed by atoms with Crippen molar-refractivity contribution in [3.63, 3.8) is 0 Å². The Bertz CT molecular complexity index is 572. The van der Waals surface area contributed by atoms with Gasteiger partial charge in [0.25, 0.3) is 0 Å². The molecule has 0 spiro atoms. The van der Waals surface area contributed by atoms with Gasteiger partial charge in [-0.25, -0.2) is 0 Å². The molecule has 0 aliphatic carbocycles. The zero-order valence-electron chi connectivity index (χ0n) is 10.8. The van der Waals surface area contributed by atoms with Gasteiger partial charge in [-0.15, -0.1) is 0 Å². The fraction of sp³-hybridized carbons (Fsp3) is 0.214. The number of pyridine rings is 1. The molecule has 0 saturated heterocycles. The van der Waals surface area contributed by atoms with Gasteiger partial charge in [0.15, 0.2) is 0 Å². The van der Waals surface area contributed by atoms with Crippen molar-refractivity contribution in [2.45, 2.75) is 6.54 Å². The molecule has 2 aromatic rings. The molecule has 2 rings (SSSR count). The highest BCUT2D eigenvalue weighted by Gasteiger charge is 2.05. The molecule has 5 heteroatoms. The summed E-state index contributed by atoms with van der Waals surface area (Å²) in [5, 5.41) is 4.12. The zero-order chi connectivity index (χ0) is 13.8. The molecule has 100 valence electrons. The maximum absolute atomic E-state index is 6.01. The summed E-state index contributed by atoms with van der Waals surface area (Å²) in [6.45, 7) is 0.688. The monoisotopic (exact) mass is 339 g/mol. The highest BCUT2D eigenvalue weighted by molar-refractivity contribution is 9.10. The molecule has 0 aliphatic heterocycles. The highest BCUT2D eigenvalue weighted by atomic mass is 79.9. The lowest BCUT2D eigenvalue weighted by Gasteiger charge is -2.18. The number of rotatable bonds is 4. The average Bonchev–Trinajstić information content (AvgIpc) is 2.40. The van der Waals surface area contributed by atoms with Crippen LogP contribution in [0, 0.1) is 0 Å². The molecule has 1 aromatic carbocycles. The summed E-state index contributed by atoms with van der Waals surface area (Å²) in [5.74, 6) is 0. The Morgan fingerprint density at radius 3 is 2.84 bits per heavy atom. The van der Waals surface area contributed by atoms with Crippen LogP contribution in [0.15, 0.2) is 41.1 Å². The molecule has 0 fully saturated rings. The summed E-state index contributed by atoms with van der Waals surface area (Å²) in [6.07, 6.45) is 3.61. The molecule has 3 nitrogen and oxygen atoms in total. The van der Waals surface area contributed by atoms with E-state index >= 15 is 0 Å². The third kappa shape index (κ3) is 3.61. The van der Waals surface area contributed by atoms with E-state index in [1.807, 2.05) is 44.6 Å². The van der Waals surface area contributed by atoms with Gasteiger partial charge in [0, 0.05) is 36.3 Å². The Morgan fingerprint density at radius 1 is 1.32 bits per heavy atom. The summed E-state index contributed by atoms with van der Waals surface area (Å²) < 4.78 is 1.04. The number of hydrogen-bond acceptors (Lipinski definition) is 3. The van der Waals surface area contributed by atoms with Gasteiger partial charge in [-0.1, -0.05) is 27.5 Å². The van der Waals surface area contributed by atoms with Crippen molar-refractivity contribution >= 4 is 38.9 Å². The van der Waals surface area contributed by atoms with Crippen LogP contribution in [0.1, 0.15) is 5.56 Å². The predicted molar refractivity (Wildman–Crippen MR) is 85.0 cm³/mol. The van der Waals surface area contributed by atoms with Gasteiger partial charge in [0.05, 0.1) is 17.6 Å². The first kappa shape index (κ1) is 14.2. The van der Waals surface area contributed by atoms with Gasteiger partial charge < -0.3 is 10.2 Å². The molecule has 0 saturated carbocycles. The Labute approximate surface area is 126 Å². The van der Waals surface area contributed by atoms with Crippen LogP contribution in [0.3, 0.4) is 0 Å². The first-order chi connectivity index (χ1) is 9.08. The van der Waals surface area contributed by atoms with Crippen LogP contribution in [0.2, 0.25) is 5.02 Å². The number of nitrogens with one attached hydrogen (secondary N) is 1. The Kier molecular flexibility index (Phi) is 4.66. The number of anilines is 2. The van der Waals surface area contributed by atoms with E-state index in [1.54, 1.807) is 6.20 Å². The number of halogens is 2. The smallest absolute Gasteiger partial charge is 0.0766 e. The van der Waals surface area contributed by atoms with Gasteiger partial charge in [0.1, 0.15) is 0 Å². The Balaban J connectivity index is 2.17. The third-order valence-corrected chi connectivity index (χ3v) is 3.77. The van der Waals surface area contributed by atoms with Gasteiger partial charge >= 0.3 is 0 Å². The van der Waals surface area contributed by atoms with Gasteiger partial charge in [0.2, 0.25) is 0 Å². The largest absolute Gasteiger partial charge is 0.378 e. The third-order valence-electron chi connectivity index (χ3n) is 2.76. The van der Waals surface area contributed by atoms with E-state index in [1.165, 1.54) is 0 Å². The molecule has 0 amide bonds. The average molecular weight is 341 g/mol. The maximum Gasteiger partial charge on any atom is 0.0766 e. The quantitative estimate of drug-likeness (QED) is 0.905. The number of benzene rings is 1. The summed E-state index contributed by atoms with van der Waals surface area (Å²) in [6, 6.07) is 7.75. The van der Waals surface area contributed by atoms with Crippen LogP contribution in [0.4, 0.5) is 11.4 Å².